The van der Waals surface area contributed by atoms with Crippen molar-refractivity contribution < 1.29 is 209 Å². The predicted octanol–water partition coefficient (Wildman–Crippen LogP) is 20.6. The van der Waals surface area contributed by atoms with E-state index in [1.54, 1.807) is 47.9 Å². The highest BCUT2D eigenvalue weighted by atomic mass is 31.2. The molecule has 786 valence electrons. The Kier molecular flexibility index (Phi) is 66.4. The van der Waals surface area contributed by atoms with E-state index >= 15 is 9.13 Å². The SMILES string of the molecule is CCC(=O)OCCCCCCOP(=O)(OCCC#N)OCC(C)(COP(=O)(OCCC#N)OC(COCC(CCCNC(=O)C(F)(F)F)(CCCC(F)(F)F)CCCC(F)(F)F)COP(=O)(OCCC#N)OCCCCCCO)COP(=O)(OCCC#N)OC(COCC(CCCNC(=O)C(F)(F)F)(CCCC(F)(F)F)CCCC(F)(F)F)COP(=O)(OCCC#N)OCCCCCCO. The normalized spacial score (nSPS) is 15.8. The molecule has 0 bridgehead atoms. The first-order valence-corrected chi connectivity index (χ1v) is 50.6. The molecule has 35 nitrogen and oxygen atoms in total. The fourth-order valence-electron chi connectivity index (χ4n) is 12.0. The summed E-state index contributed by atoms with van der Waals surface area (Å²) >= 11 is 0. The van der Waals surface area contributed by atoms with Crippen LogP contribution in [0.25, 0.3) is 0 Å². The number of nitriles is 5. The van der Waals surface area contributed by atoms with Gasteiger partial charge in [-0.15, -0.1) is 0 Å². The second-order valence-electron chi connectivity index (χ2n) is 31.0. The Labute approximate surface area is 772 Å². The summed E-state index contributed by atoms with van der Waals surface area (Å²) in [4.78, 5) is 35.5. The molecule has 2 amide bonds. The van der Waals surface area contributed by atoms with E-state index in [-0.39, 0.29) is 51.9 Å². The quantitative estimate of drug-likeness (QED) is 0.0190. The van der Waals surface area contributed by atoms with Crippen molar-refractivity contribution in [3.63, 3.8) is 0 Å². The molecule has 0 radical (unpaired) electrons. The fourth-order valence-corrected chi connectivity index (χ4v) is 18.8. The minimum Gasteiger partial charge on any atom is -0.466 e. The molecule has 0 aromatic heterocycles. The van der Waals surface area contributed by atoms with Gasteiger partial charge in [0.1, 0.15) is 12.2 Å². The number of unbranched alkanes of at least 4 members (excludes halogenated alkanes) is 9. The van der Waals surface area contributed by atoms with Crippen LogP contribution in [0.1, 0.15) is 232 Å². The lowest BCUT2D eigenvalue weighted by Crippen LogP contribution is -2.38. The Morgan fingerprint density at radius 2 is 0.578 bits per heavy atom. The number of amides is 2. The van der Waals surface area contributed by atoms with E-state index in [9.17, 15) is 144 Å². The Balaban J connectivity index is 9.37. The smallest absolute Gasteiger partial charge is 0.466 e. The van der Waals surface area contributed by atoms with Gasteiger partial charge in [0.25, 0.3) is 0 Å². The zero-order chi connectivity index (χ0) is 102. The Morgan fingerprint density at radius 1 is 0.319 bits per heavy atom. The van der Waals surface area contributed by atoms with Crippen molar-refractivity contribution in [3.8, 4) is 30.3 Å². The number of esters is 1. The Bertz CT molecular complexity index is 3530. The number of hydrogen-bond acceptors (Lipinski definition) is 33. The van der Waals surface area contributed by atoms with Gasteiger partial charge >= 0.3 is 94.0 Å². The van der Waals surface area contributed by atoms with E-state index in [0.717, 1.165) is 6.92 Å². The first kappa shape index (κ1) is 130. The monoisotopic (exact) mass is 2090 g/mol. The van der Waals surface area contributed by atoms with Crippen molar-refractivity contribution in [2.24, 2.45) is 16.2 Å². The van der Waals surface area contributed by atoms with Crippen LogP contribution in [-0.4, -0.2) is 222 Å². The highest BCUT2D eigenvalue weighted by Crippen LogP contribution is 2.59. The molecule has 0 aromatic rings. The van der Waals surface area contributed by atoms with Crippen LogP contribution in [0.5, 0.6) is 0 Å². The van der Waals surface area contributed by atoms with Gasteiger partial charge in [-0.05, 0) is 133 Å². The van der Waals surface area contributed by atoms with Crippen molar-refractivity contribution in [2.45, 2.75) is 281 Å². The maximum atomic E-state index is 15.8. The summed E-state index contributed by atoms with van der Waals surface area (Å²) in [6.45, 7) is -16.2. The van der Waals surface area contributed by atoms with Crippen molar-refractivity contribution in [3.05, 3.63) is 0 Å². The number of carbonyl (C=O) groups excluding carboxylic acids is 3. The first-order valence-electron chi connectivity index (χ1n) is 43.3. The molecule has 0 fully saturated rings. The van der Waals surface area contributed by atoms with E-state index in [2.05, 4.69) is 0 Å². The van der Waals surface area contributed by atoms with Crippen molar-refractivity contribution in [2.75, 3.05) is 145 Å². The molecular formula is C77H124F18N7O28P5. The van der Waals surface area contributed by atoms with Gasteiger partial charge in [-0.2, -0.15) is 105 Å². The zero-order valence-electron chi connectivity index (χ0n) is 75.0. The second-order valence-corrected chi connectivity index (χ2v) is 39.3. The molecule has 58 heteroatoms. The van der Waals surface area contributed by atoms with Crippen molar-refractivity contribution >= 4 is 56.9 Å². The molecule has 7 atom stereocenters. The van der Waals surface area contributed by atoms with Crippen LogP contribution < -0.4 is 10.6 Å². The highest BCUT2D eigenvalue weighted by molar-refractivity contribution is 7.49. The topological polar surface area (TPSA) is 486 Å². The van der Waals surface area contributed by atoms with E-state index in [1.807, 2.05) is 0 Å². The van der Waals surface area contributed by atoms with Crippen LogP contribution in [0.4, 0.5) is 79.0 Å². The number of ether oxygens (including phenoxy) is 3. The van der Waals surface area contributed by atoms with Gasteiger partial charge in [-0.25, -0.2) is 22.8 Å². The summed E-state index contributed by atoms with van der Waals surface area (Å²) in [5.41, 5.74) is -6.29. The molecule has 135 heavy (non-hydrogen) atoms. The molecule has 0 saturated carbocycles. The zero-order valence-corrected chi connectivity index (χ0v) is 79.5. The van der Waals surface area contributed by atoms with E-state index in [0.29, 0.717) is 51.4 Å². The lowest BCUT2D eigenvalue weighted by Gasteiger charge is -2.36. The molecule has 4 N–H and O–H groups in total. The summed E-state index contributed by atoms with van der Waals surface area (Å²) in [6.07, 6.45) is -49.7. The van der Waals surface area contributed by atoms with Gasteiger partial charge in [0, 0.05) is 63.8 Å². The molecule has 0 aliphatic heterocycles. The molecule has 7 unspecified atom stereocenters. The number of phosphoric ester groups is 5. The molecule has 0 aromatic carbocycles. The first-order chi connectivity index (χ1) is 63.2. The number of carbonyl (C=O) groups is 3. The average molecular weight is 2090 g/mol. The third kappa shape index (κ3) is 68.7. The minimum atomic E-state index is -5.80. The molecule has 0 aliphatic carbocycles. The standard InChI is InChI=1S/C77H124F18N7O28P5/c1-3-66(105)115-46-12-8-9-15-49-118-133(110,121-52-24-39-98)126-59-69(2,60-127-134(111,122-53-25-40-99)129-64(57-124-131(108,119-50-22-37-96)116-47-13-6-4-10-44-103)55-113-62-70(27-16-33-72(78,79)80,28-17-34-73(81,82)83)31-20-42-101-67(106)76(90,91)92)61-128-135(112,123-54-26-41-100)130-65(58-125-132(109,120-51-23-38-97)117-48-14-7-5-11-45-104)56-114-63-71(29-18-35-74(84,85)86,30-19-36-75(87,88)89)32-21-43-102-68(107)77(93,94)95/h64-65,103-104H,3-36,42-63H2,1-2H3,(H,101,106)(H,102,107). The number of nitrogens with zero attached hydrogens (tertiary/aromatic N) is 5. The summed E-state index contributed by atoms with van der Waals surface area (Å²) in [5, 5.41) is 69.7. The van der Waals surface area contributed by atoms with Crippen LogP contribution in [0, 0.1) is 72.9 Å². The lowest BCUT2D eigenvalue weighted by atomic mass is 9.75. The summed E-state index contributed by atoms with van der Waals surface area (Å²) in [6, 6.07) is 8.45. The van der Waals surface area contributed by atoms with Gasteiger partial charge in [-0.1, -0.05) is 46.0 Å². The molecular weight excluding hydrogens is 1970 g/mol. The molecule has 0 rings (SSSR count). The van der Waals surface area contributed by atoms with Crippen LogP contribution in [0.3, 0.4) is 0 Å². The van der Waals surface area contributed by atoms with Crippen LogP contribution in [-0.2, 0) is 119 Å². The van der Waals surface area contributed by atoms with E-state index in [4.69, 9.17) is 82.1 Å². The number of hydrogen-bond donors (Lipinski definition) is 4. The summed E-state index contributed by atoms with van der Waals surface area (Å²) < 4.78 is 424. The highest BCUT2D eigenvalue weighted by Gasteiger charge is 2.47. The number of rotatable bonds is 85. The fraction of sp³-hybridized carbons (Fsp3) is 0.896. The van der Waals surface area contributed by atoms with Crippen LogP contribution in [0.2, 0.25) is 0 Å². The van der Waals surface area contributed by atoms with Gasteiger partial charge in [0.15, 0.2) is 0 Å². The summed E-state index contributed by atoms with van der Waals surface area (Å²) in [7, 11) is -26.9. The van der Waals surface area contributed by atoms with Crippen molar-refractivity contribution in [1.29, 1.82) is 26.3 Å². The number of alkyl halides is 18. The largest absolute Gasteiger partial charge is 0.475 e. The predicted molar refractivity (Wildman–Crippen MR) is 438 cm³/mol. The van der Waals surface area contributed by atoms with E-state index in [1.165, 1.54) is 0 Å². The Morgan fingerprint density at radius 3 is 0.852 bits per heavy atom. The molecule has 0 aliphatic rings. The number of nitrogens with one attached hydrogen (secondary N) is 2. The second kappa shape index (κ2) is 69.0. The number of aliphatic hydroxyl groups is 2. The maximum absolute atomic E-state index is 15.8. The van der Waals surface area contributed by atoms with Gasteiger partial charge in [0.05, 0.1) is 181 Å². The maximum Gasteiger partial charge on any atom is 0.475 e. The van der Waals surface area contributed by atoms with Crippen LogP contribution >= 0.6 is 39.1 Å². The van der Waals surface area contributed by atoms with Crippen molar-refractivity contribution in [1.82, 2.24) is 10.6 Å². The molecule has 0 spiro atoms. The molecule has 0 saturated heterocycles. The van der Waals surface area contributed by atoms with Gasteiger partial charge < -0.3 is 35.1 Å². The Hall–Kier alpha value is -5.01. The minimum absolute atomic E-state index is 0.00973. The average Bonchev–Trinajstić information content (AvgIpc) is 0.820. The van der Waals surface area contributed by atoms with Gasteiger partial charge in [0.2, 0.25) is 0 Å². The van der Waals surface area contributed by atoms with Gasteiger partial charge in [-0.3, -0.25) is 82.2 Å². The number of aliphatic hydroxyl groups excluding tert-OH is 2. The third-order valence-electron chi connectivity index (χ3n) is 18.8. The molecule has 0 heterocycles. The summed E-state index contributed by atoms with van der Waals surface area (Å²) in [5.74, 6) is -5.44. The number of phosphoric acid groups is 5. The number of halogens is 18. The lowest BCUT2D eigenvalue weighted by molar-refractivity contribution is -0.173. The third-order valence-corrected chi connectivity index (χ3v) is 26.2. The van der Waals surface area contributed by atoms with Crippen LogP contribution in [0.15, 0.2) is 0 Å². The van der Waals surface area contributed by atoms with E-state index < -0.39 is 383 Å².